The second-order valence-corrected chi connectivity index (χ2v) is 7.18. The van der Waals surface area contributed by atoms with Crippen molar-refractivity contribution in [1.29, 1.82) is 0 Å². The lowest BCUT2D eigenvalue weighted by atomic mass is 10.2. The van der Waals surface area contributed by atoms with Gasteiger partial charge in [-0.25, -0.2) is 4.68 Å². The Hall–Kier alpha value is -2.58. The molecular formula is C20H25N5O3. The number of nitrogens with zero attached hydrogens (tertiary/aromatic N) is 5. The first-order valence-electron chi connectivity index (χ1n) is 9.82. The molecule has 8 nitrogen and oxygen atoms in total. The highest BCUT2D eigenvalue weighted by Gasteiger charge is 2.30. The molecule has 0 aliphatic carbocycles. The summed E-state index contributed by atoms with van der Waals surface area (Å²) >= 11 is 0. The maximum absolute atomic E-state index is 12.4. The number of pyridine rings is 1. The summed E-state index contributed by atoms with van der Waals surface area (Å²) in [5.74, 6) is 0.125. The summed E-state index contributed by atoms with van der Waals surface area (Å²) in [6.07, 6.45) is 4.98. The lowest BCUT2D eigenvalue weighted by Crippen LogP contribution is -2.52. The zero-order valence-corrected chi connectivity index (χ0v) is 15.9. The fourth-order valence-corrected chi connectivity index (χ4v) is 3.69. The molecule has 2 aliphatic rings. The van der Waals surface area contributed by atoms with Crippen molar-refractivity contribution in [2.45, 2.75) is 25.5 Å². The zero-order valence-electron chi connectivity index (χ0n) is 15.9. The monoisotopic (exact) mass is 383 g/mol. The van der Waals surface area contributed by atoms with Crippen LogP contribution >= 0.6 is 0 Å². The van der Waals surface area contributed by atoms with Gasteiger partial charge in [0.05, 0.1) is 12.2 Å². The summed E-state index contributed by atoms with van der Waals surface area (Å²) in [6.45, 7) is 4.97. The van der Waals surface area contributed by atoms with Crippen LogP contribution in [0.15, 0.2) is 41.5 Å². The van der Waals surface area contributed by atoms with Crippen LogP contribution in [0.3, 0.4) is 0 Å². The van der Waals surface area contributed by atoms with E-state index < -0.39 is 0 Å². The Morgan fingerprint density at radius 2 is 1.86 bits per heavy atom. The normalized spacial score (nSPS) is 20.4. The number of amides is 1. The van der Waals surface area contributed by atoms with Crippen LogP contribution in [0.4, 0.5) is 0 Å². The van der Waals surface area contributed by atoms with Crippen LogP contribution in [0, 0.1) is 0 Å². The average Bonchev–Trinajstić information content (AvgIpc) is 3.29. The van der Waals surface area contributed by atoms with Crippen LogP contribution < -0.4 is 5.56 Å². The Morgan fingerprint density at radius 1 is 1.07 bits per heavy atom. The number of carbonyl (C=O) groups is 1. The van der Waals surface area contributed by atoms with E-state index in [0.717, 1.165) is 43.7 Å². The van der Waals surface area contributed by atoms with Crippen molar-refractivity contribution >= 4 is 5.91 Å². The van der Waals surface area contributed by atoms with Gasteiger partial charge in [-0.3, -0.25) is 19.5 Å². The van der Waals surface area contributed by atoms with Gasteiger partial charge in [-0.1, -0.05) is 0 Å². The van der Waals surface area contributed by atoms with Gasteiger partial charge in [0, 0.05) is 63.4 Å². The van der Waals surface area contributed by atoms with Crippen LogP contribution in [0.5, 0.6) is 0 Å². The highest BCUT2D eigenvalue weighted by Crippen LogP contribution is 2.16. The minimum Gasteiger partial charge on any atom is -0.368 e. The number of piperazine rings is 1. The minimum atomic E-state index is -0.245. The number of ether oxygens (including phenoxy) is 1. The van der Waals surface area contributed by atoms with E-state index in [4.69, 9.17) is 4.74 Å². The number of rotatable bonds is 5. The predicted octanol–water partition coefficient (Wildman–Crippen LogP) is 0.628. The highest BCUT2D eigenvalue weighted by atomic mass is 16.5. The molecule has 0 spiro atoms. The van der Waals surface area contributed by atoms with Gasteiger partial charge < -0.3 is 9.64 Å². The van der Waals surface area contributed by atoms with Crippen LogP contribution in [0.2, 0.25) is 0 Å². The van der Waals surface area contributed by atoms with E-state index in [0.29, 0.717) is 26.2 Å². The molecular weight excluding hydrogens is 358 g/mol. The van der Waals surface area contributed by atoms with E-state index in [1.165, 1.54) is 4.68 Å². The molecule has 0 bridgehead atoms. The lowest BCUT2D eigenvalue weighted by Gasteiger charge is -2.35. The van der Waals surface area contributed by atoms with Crippen molar-refractivity contribution in [2.75, 3.05) is 39.3 Å². The Morgan fingerprint density at radius 3 is 2.57 bits per heavy atom. The summed E-state index contributed by atoms with van der Waals surface area (Å²) in [4.78, 5) is 32.8. The molecule has 1 amide bonds. The van der Waals surface area contributed by atoms with Crippen LogP contribution in [-0.4, -0.2) is 75.9 Å². The number of hydrogen-bond donors (Lipinski definition) is 0. The van der Waals surface area contributed by atoms with E-state index in [1.807, 2.05) is 17.0 Å². The smallest absolute Gasteiger partial charge is 0.266 e. The third kappa shape index (κ3) is 4.28. The van der Waals surface area contributed by atoms with Gasteiger partial charge in [0.2, 0.25) is 0 Å². The summed E-state index contributed by atoms with van der Waals surface area (Å²) < 4.78 is 7.02. The van der Waals surface area contributed by atoms with Crippen LogP contribution in [-0.2, 0) is 16.1 Å². The topological polar surface area (TPSA) is 80.6 Å². The molecule has 4 heterocycles. The van der Waals surface area contributed by atoms with Gasteiger partial charge in [-0.05, 0) is 31.0 Å². The molecule has 2 aromatic rings. The second-order valence-electron chi connectivity index (χ2n) is 7.18. The Balaban J connectivity index is 1.32. The van der Waals surface area contributed by atoms with Crippen LogP contribution in [0.25, 0.3) is 11.3 Å². The molecule has 2 saturated heterocycles. The summed E-state index contributed by atoms with van der Waals surface area (Å²) in [7, 11) is 0. The fraction of sp³-hybridized carbons (Fsp3) is 0.500. The van der Waals surface area contributed by atoms with E-state index in [9.17, 15) is 9.59 Å². The SMILES string of the molecule is O=C(C1CCCO1)N1CCN(CCn2nc(-c3ccncc3)ccc2=O)CC1. The third-order valence-electron chi connectivity index (χ3n) is 5.36. The quantitative estimate of drug-likeness (QED) is 0.753. The predicted molar refractivity (Wildman–Crippen MR) is 104 cm³/mol. The summed E-state index contributed by atoms with van der Waals surface area (Å²) in [6, 6.07) is 7.05. The molecule has 0 N–H and O–H groups in total. The molecule has 4 rings (SSSR count). The van der Waals surface area contributed by atoms with Gasteiger partial charge in [0.25, 0.3) is 11.5 Å². The molecule has 8 heteroatoms. The Kier molecular flexibility index (Phi) is 5.78. The van der Waals surface area contributed by atoms with Crippen molar-refractivity contribution < 1.29 is 9.53 Å². The molecule has 2 aliphatic heterocycles. The molecule has 0 saturated carbocycles. The second kappa shape index (κ2) is 8.62. The maximum Gasteiger partial charge on any atom is 0.266 e. The van der Waals surface area contributed by atoms with Gasteiger partial charge >= 0.3 is 0 Å². The minimum absolute atomic E-state index is 0.106. The van der Waals surface area contributed by atoms with Crippen molar-refractivity contribution in [2.24, 2.45) is 0 Å². The molecule has 2 fully saturated rings. The van der Waals surface area contributed by atoms with Crippen molar-refractivity contribution in [1.82, 2.24) is 24.6 Å². The first-order valence-corrected chi connectivity index (χ1v) is 9.82. The third-order valence-corrected chi connectivity index (χ3v) is 5.36. The summed E-state index contributed by atoms with van der Waals surface area (Å²) in [5.41, 5.74) is 1.59. The molecule has 0 aromatic carbocycles. The highest BCUT2D eigenvalue weighted by molar-refractivity contribution is 5.81. The zero-order chi connectivity index (χ0) is 19.3. The van der Waals surface area contributed by atoms with Gasteiger partial charge in [0.15, 0.2) is 0 Å². The molecule has 1 unspecified atom stereocenters. The molecule has 148 valence electrons. The van der Waals surface area contributed by atoms with Crippen molar-refractivity contribution in [3.05, 3.63) is 47.0 Å². The van der Waals surface area contributed by atoms with E-state index in [2.05, 4.69) is 15.0 Å². The van der Waals surface area contributed by atoms with Crippen molar-refractivity contribution in [3.63, 3.8) is 0 Å². The molecule has 28 heavy (non-hydrogen) atoms. The standard InChI is InChI=1S/C20H25N5O3/c26-19-4-3-17(16-5-7-21-8-6-16)22-25(19)14-11-23-9-12-24(13-10-23)20(27)18-2-1-15-28-18/h3-8,18H,1-2,9-15H2. The van der Waals surface area contributed by atoms with E-state index in [1.54, 1.807) is 24.5 Å². The lowest BCUT2D eigenvalue weighted by molar-refractivity contribution is -0.142. The summed E-state index contributed by atoms with van der Waals surface area (Å²) in [5, 5.41) is 4.49. The molecule has 0 radical (unpaired) electrons. The molecule has 2 aromatic heterocycles. The number of carbonyl (C=O) groups excluding carboxylic acids is 1. The van der Waals surface area contributed by atoms with Crippen LogP contribution in [0.1, 0.15) is 12.8 Å². The van der Waals surface area contributed by atoms with Crippen molar-refractivity contribution in [3.8, 4) is 11.3 Å². The largest absolute Gasteiger partial charge is 0.368 e. The average molecular weight is 383 g/mol. The first kappa shape index (κ1) is 18.8. The Bertz CT molecular complexity index is 856. The first-order chi connectivity index (χ1) is 13.7. The fourth-order valence-electron chi connectivity index (χ4n) is 3.69. The van der Waals surface area contributed by atoms with Gasteiger partial charge in [0.1, 0.15) is 6.10 Å². The Labute approximate surface area is 163 Å². The van der Waals surface area contributed by atoms with E-state index in [-0.39, 0.29) is 17.6 Å². The number of hydrogen-bond acceptors (Lipinski definition) is 6. The number of aromatic nitrogens is 3. The van der Waals surface area contributed by atoms with Gasteiger partial charge in [-0.15, -0.1) is 0 Å². The maximum atomic E-state index is 12.4. The van der Waals surface area contributed by atoms with E-state index >= 15 is 0 Å². The molecule has 1 atom stereocenters. The van der Waals surface area contributed by atoms with Gasteiger partial charge in [-0.2, -0.15) is 5.10 Å².